The van der Waals surface area contributed by atoms with Gasteiger partial charge in [0.15, 0.2) is 17.8 Å². The molecule has 4 rings (SSSR count). The number of benzene rings is 2. The topological polar surface area (TPSA) is 145 Å². The summed E-state index contributed by atoms with van der Waals surface area (Å²) in [5.41, 5.74) is -3.18. The standard InChI is InChI=1S/C40H57N5O7Si/c1-27(2)34(43-37(48)52-38(3,4)5)31(46)24-30-32(51-35(40(30,9)49)45-23-22-33(42-36(45)47)41-26-44(10)11)25-50-53(39(6,7)8,28-18-14-12-15-19-28)29-20-16-13-17-21-29/h12-23,26-27,30,32,34-35,49H,24-25H2,1-11H3,(H,43,48)/b41-26-/t30?,32?,34-,35?,40?/m0/s1. The van der Waals surface area contributed by atoms with E-state index in [1.165, 1.54) is 17.1 Å². The largest absolute Gasteiger partial charge is 0.444 e. The van der Waals surface area contributed by atoms with Crippen molar-refractivity contribution in [1.29, 1.82) is 0 Å². The average Bonchev–Trinajstić information content (AvgIpc) is 3.30. The predicted octanol–water partition coefficient (Wildman–Crippen LogP) is 4.81. The van der Waals surface area contributed by atoms with E-state index in [1.54, 1.807) is 52.8 Å². The second kappa shape index (κ2) is 16.5. The number of aromatic nitrogens is 2. The van der Waals surface area contributed by atoms with Crippen molar-refractivity contribution >= 4 is 42.7 Å². The number of alkyl carbamates (subject to hydrolysis) is 1. The van der Waals surface area contributed by atoms with Crippen molar-refractivity contribution in [3.05, 3.63) is 83.4 Å². The summed E-state index contributed by atoms with van der Waals surface area (Å²) in [7, 11) is 0.530. The fraction of sp³-hybridized carbons (Fsp3) is 0.525. The Morgan fingerprint density at radius 2 is 1.60 bits per heavy atom. The van der Waals surface area contributed by atoms with E-state index in [0.29, 0.717) is 0 Å². The third-order valence-corrected chi connectivity index (χ3v) is 14.5. The third kappa shape index (κ3) is 9.69. The number of nitrogens with zero attached hydrogens (tertiary/aromatic N) is 4. The van der Waals surface area contributed by atoms with Crippen LogP contribution in [0.25, 0.3) is 0 Å². The van der Waals surface area contributed by atoms with Gasteiger partial charge < -0.3 is 29.2 Å². The van der Waals surface area contributed by atoms with Crippen LogP contribution in [-0.4, -0.2) is 90.1 Å². The normalized spacial score (nSPS) is 21.5. The summed E-state index contributed by atoms with van der Waals surface area (Å²) < 4.78 is 20.6. The Bertz CT molecular complexity index is 1740. The number of rotatable bonds is 13. The molecule has 1 fully saturated rings. The molecule has 2 heterocycles. The minimum atomic E-state index is -3.08. The first-order valence-corrected chi connectivity index (χ1v) is 20.0. The number of nitrogens with one attached hydrogen (secondary N) is 1. The summed E-state index contributed by atoms with van der Waals surface area (Å²) in [6.07, 6.45) is 0.0828. The van der Waals surface area contributed by atoms with Crippen LogP contribution in [0.15, 0.2) is 82.7 Å². The van der Waals surface area contributed by atoms with Crippen molar-refractivity contribution in [2.75, 3.05) is 20.7 Å². The monoisotopic (exact) mass is 747 g/mol. The van der Waals surface area contributed by atoms with Crippen LogP contribution in [0.5, 0.6) is 0 Å². The average molecular weight is 748 g/mol. The third-order valence-electron chi connectivity index (χ3n) is 9.48. The van der Waals surface area contributed by atoms with Gasteiger partial charge >= 0.3 is 11.8 Å². The number of hydrogen-bond donors (Lipinski definition) is 2. The van der Waals surface area contributed by atoms with Gasteiger partial charge in [0.05, 0.1) is 25.1 Å². The first kappa shape index (κ1) is 41.6. The molecule has 53 heavy (non-hydrogen) atoms. The van der Waals surface area contributed by atoms with Gasteiger partial charge in [-0.2, -0.15) is 4.98 Å². The van der Waals surface area contributed by atoms with Gasteiger partial charge in [-0.05, 0) is 55.1 Å². The van der Waals surface area contributed by atoms with Crippen molar-refractivity contribution in [2.24, 2.45) is 16.8 Å². The lowest BCUT2D eigenvalue weighted by Crippen LogP contribution is -2.67. The van der Waals surface area contributed by atoms with Gasteiger partial charge in [-0.25, -0.2) is 14.6 Å². The summed E-state index contributed by atoms with van der Waals surface area (Å²) in [6.45, 7) is 17.0. The molecule has 12 nitrogen and oxygen atoms in total. The van der Waals surface area contributed by atoms with Crippen LogP contribution in [-0.2, 0) is 18.7 Å². The second-order valence-corrected chi connectivity index (χ2v) is 20.9. The number of ether oxygens (including phenoxy) is 2. The Balaban J connectivity index is 1.78. The first-order chi connectivity index (χ1) is 24.7. The molecular formula is C40H57N5O7Si. The molecule has 1 saturated heterocycles. The molecule has 288 valence electrons. The summed E-state index contributed by atoms with van der Waals surface area (Å²) in [5.74, 6) is -1.25. The number of carbonyl (C=O) groups is 2. The van der Waals surface area contributed by atoms with Crippen LogP contribution in [0.1, 0.15) is 75.0 Å². The Labute approximate surface area is 314 Å². The van der Waals surface area contributed by atoms with Gasteiger partial charge in [-0.15, -0.1) is 0 Å². The molecule has 4 unspecified atom stereocenters. The molecule has 0 aliphatic carbocycles. The Hall–Kier alpha value is -4.17. The Morgan fingerprint density at radius 3 is 2.08 bits per heavy atom. The van der Waals surface area contributed by atoms with Crippen molar-refractivity contribution in [3.8, 4) is 0 Å². The molecule has 2 aromatic carbocycles. The molecule has 0 spiro atoms. The number of ketones is 1. The Morgan fingerprint density at radius 1 is 1.04 bits per heavy atom. The van der Waals surface area contributed by atoms with Crippen molar-refractivity contribution in [2.45, 2.75) is 103 Å². The number of aliphatic hydroxyl groups is 1. The van der Waals surface area contributed by atoms with Crippen LogP contribution in [0.3, 0.4) is 0 Å². The molecule has 1 amide bonds. The maximum Gasteiger partial charge on any atom is 0.408 e. The van der Waals surface area contributed by atoms with Crippen LogP contribution >= 0.6 is 0 Å². The highest BCUT2D eigenvalue weighted by molar-refractivity contribution is 6.99. The van der Waals surface area contributed by atoms with Gasteiger partial charge in [0.2, 0.25) is 0 Å². The molecule has 0 bridgehead atoms. The number of hydrogen-bond acceptors (Lipinski definition) is 9. The van der Waals surface area contributed by atoms with Gasteiger partial charge in [0.1, 0.15) is 11.2 Å². The fourth-order valence-electron chi connectivity index (χ4n) is 6.99. The van der Waals surface area contributed by atoms with E-state index in [-0.39, 0.29) is 35.6 Å². The minimum Gasteiger partial charge on any atom is -0.444 e. The van der Waals surface area contributed by atoms with Crippen LogP contribution in [0.4, 0.5) is 10.6 Å². The van der Waals surface area contributed by atoms with Crippen LogP contribution in [0, 0.1) is 11.8 Å². The van der Waals surface area contributed by atoms with Gasteiger partial charge in [0.25, 0.3) is 8.32 Å². The molecular weight excluding hydrogens is 691 g/mol. The lowest BCUT2D eigenvalue weighted by Gasteiger charge is -2.43. The van der Waals surface area contributed by atoms with Crippen LogP contribution in [0.2, 0.25) is 5.04 Å². The molecule has 1 aliphatic rings. The van der Waals surface area contributed by atoms with Crippen LogP contribution < -0.4 is 21.4 Å². The highest BCUT2D eigenvalue weighted by atomic mass is 28.4. The smallest absolute Gasteiger partial charge is 0.408 e. The van der Waals surface area contributed by atoms with E-state index >= 15 is 0 Å². The lowest BCUT2D eigenvalue weighted by atomic mass is 9.80. The van der Waals surface area contributed by atoms with Crippen molar-refractivity contribution < 1.29 is 28.6 Å². The molecule has 13 heteroatoms. The summed E-state index contributed by atoms with van der Waals surface area (Å²) in [6, 6.07) is 20.9. The summed E-state index contributed by atoms with van der Waals surface area (Å²) >= 11 is 0. The van der Waals surface area contributed by atoms with E-state index in [2.05, 4.69) is 60.3 Å². The molecule has 0 radical (unpaired) electrons. The van der Waals surface area contributed by atoms with Crippen molar-refractivity contribution in [1.82, 2.24) is 19.8 Å². The quantitative estimate of drug-likeness (QED) is 0.143. The zero-order chi connectivity index (χ0) is 39.4. The molecule has 1 aromatic heterocycles. The SMILES string of the molecule is CC(C)[C@H](NC(=O)OC(C)(C)C)C(=O)CC1C(CO[Si](c2ccccc2)(c2ccccc2)C(C)(C)C)OC(n2ccc(/N=C\N(C)C)nc2=O)C1(C)O. The van der Waals surface area contributed by atoms with Gasteiger partial charge in [-0.3, -0.25) is 9.36 Å². The summed E-state index contributed by atoms with van der Waals surface area (Å²) in [4.78, 5) is 50.6. The molecule has 0 saturated carbocycles. The number of carbonyl (C=O) groups excluding carboxylic acids is 2. The maximum atomic E-state index is 14.2. The number of aliphatic imine (C=N–C) groups is 1. The van der Waals surface area contributed by atoms with Gasteiger partial charge in [-0.1, -0.05) is 95.3 Å². The highest BCUT2D eigenvalue weighted by Crippen LogP contribution is 2.45. The zero-order valence-corrected chi connectivity index (χ0v) is 34.0. The number of Topliss-reactive ketones (excluding diaryl/α,β-unsaturated/α-hetero) is 1. The summed E-state index contributed by atoms with van der Waals surface area (Å²) in [5, 5.41) is 16.9. The van der Waals surface area contributed by atoms with Crippen molar-refractivity contribution in [3.63, 3.8) is 0 Å². The predicted molar refractivity (Wildman–Crippen MR) is 210 cm³/mol. The highest BCUT2D eigenvalue weighted by Gasteiger charge is 2.57. The van der Waals surface area contributed by atoms with E-state index in [9.17, 15) is 19.5 Å². The zero-order valence-electron chi connectivity index (χ0n) is 33.0. The minimum absolute atomic E-state index is 0.0110. The second-order valence-electron chi connectivity index (χ2n) is 16.6. The Kier molecular flexibility index (Phi) is 12.9. The fourth-order valence-corrected chi connectivity index (χ4v) is 11.6. The lowest BCUT2D eigenvalue weighted by molar-refractivity contribution is -0.126. The molecule has 1 aliphatic heterocycles. The van der Waals surface area contributed by atoms with E-state index in [1.807, 2.05) is 50.2 Å². The van der Waals surface area contributed by atoms with E-state index in [0.717, 1.165) is 10.4 Å². The molecule has 5 atom stereocenters. The van der Waals surface area contributed by atoms with E-state index in [4.69, 9.17) is 13.9 Å². The first-order valence-electron chi connectivity index (χ1n) is 18.1. The van der Waals surface area contributed by atoms with E-state index < -0.39 is 55.6 Å². The van der Waals surface area contributed by atoms with Gasteiger partial charge in [0, 0.05) is 32.6 Å². The maximum absolute atomic E-state index is 14.2. The molecule has 3 aromatic rings. The number of amides is 1. The molecule has 2 N–H and O–H groups in total.